The molecule has 0 bridgehead atoms. The average molecular weight is 304 g/mol. The molecule has 6 nitrogen and oxygen atoms in total. The Hall–Kier alpha value is -2.24. The second-order valence-corrected chi connectivity index (χ2v) is 5.35. The van der Waals surface area contributed by atoms with Crippen molar-refractivity contribution in [1.29, 1.82) is 0 Å². The van der Waals surface area contributed by atoms with Crippen molar-refractivity contribution in [1.82, 2.24) is 4.90 Å². The fourth-order valence-electron chi connectivity index (χ4n) is 2.59. The molecule has 0 radical (unpaired) electrons. The van der Waals surface area contributed by atoms with Crippen molar-refractivity contribution >= 4 is 12.8 Å². The van der Waals surface area contributed by atoms with E-state index >= 15 is 0 Å². The molecule has 22 heavy (non-hydrogen) atoms. The van der Waals surface area contributed by atoms with Gasteiger partial charge in [-0.3, -0.25) is 9.79 Å². The molecule has 3 heterocycles. The molecule has 6 heteroatoms. The average Bonchev–Trinajstić information content (AvgIpc) is 3.28. The van der Waals surface area contributed by atoms with Crippen LogP contribution in [0.1, 0.15) is 24.5 Å². The molecule has 3 aliphatic heterocycles. The first-order chi connectivity index (χ1) is 10.9. The van der Waals surface area contributed by atoms with E-state index in [0.29, 0.717) is 19.8 Å². The van der Waals surface area contributed by atoms with E-state index < -0.39 is 0 Å². The van der Waals surface area contributed by atoms with Crippen LogP contribution in [0.4, 0.5) is 0 Å². The Morgan fingerprint density at radius 3 is 2.55 bits per heavy atom. The van der Waals surface area contributed by atoms with E-state index in [1.165, 1.54) is 19.2 Å². The number of nitrogens with zero attached hydrogens (tertiary/aromatic N) is 2. The van der Waals surface area contributed by atoms with Crippen molar-refractivity contribution in [3.05, 3.63) is 23.8 Å². The molecule has 1 amide bonds. The number of hydrogen-bond acceptors (Lipinski definition) is 5. The molecule has 1 unspecified atom stereocenters. The van der Waals surface area contributed by atoms with Crippen LogP contribution in [0, 0.1) is 0 Å². The highest BCUT2D eigenvalue weighted by molar-refractivity contribution is 5.51. The van der Waals surface area contributed by atoms with E-state index in [0.717, 1.165) is 36.6 Å². The number of hydrogen-bond donors (Lipinski definition) is 0. The van der Waals surface area contributed by atoms with Gasteiger partial charge in [0.15, 0.2) is 17.9 Å². The first kappa shape index (κ1) is 14.7. The van der Waals surface area contributed by atoms with Gasteiger partial charge in [-0.2, -0.15) is 0 Å². The lowest BCUT2D eigenvalue weighted by molar-refractivity contribution is -0.117. The zero-order chi connectivity index (χ0) is 15.2. The standard InChI is InChI=1S/C11H11NO3.C5H9NO/c1-2-9-10(14-4-3-13-9)5-8(1)11-6-12-7-15-11;7-5-6-3-1-2-4-6/h1-2,5,7,11H,3-4,6H2;5H,1-4H2. The second kappa shape index (κ2) is 7.15. The van der Waals surface area contributed by atoms with Crippen LogP contribution in [-0.4, -0.2) is 50.6 Å². The van der Waals surface area contributed by atoms with Crippen LogP contribution in [0.25, 0.3) is 0 Å². The summed E-state index contributed by atoms with van der Waals surface area (Å²) in [5, 5.41) is 0. The van der Waals surface area contributed by atoms with Gasteiger partial charge in [-0.25, -0.2) is 0 Å². The number of ether oxygens (including phenoxy) is 3. The summed E-state index contributed by atoms with van der Waals surface area (Å²) < 4.78 is 16.3. The molecule has 0 aromatic heterocycles. The van der Waals surface area contributed by atoms with E-state index in [1.54, 1.807) is 4.90 Å². The van der Waals surface area contributed by atoms with E-state index in [2.05, 4.69) is 4.99 Å². The molecule has 1 aromatic rings. The van der Waals surface area contributed by atoms with Gasteiger partial charge in [0, 0.05) is 13.1 Å². The summed E-state index contributed by atoms with van der Waals surface area (Å²) in [4.78, 5) is 15.8. The monoisotopic (exact) mass is 304 g/mol. The summed E-state index contributed by atoms with van der Waals surface area (Å²) in [5.41, 5.74) is 1.08. The minimum Gasteiger partial charge on any atom is -0.486 e. The summed E-state index contributed by atoms with van der Waals surface area (Å²) in [6.45, 7) is 3.86. The number of amides is 1. The van der Waals surface area contributed by atoms with Crippen molar-refractivity contribution < 1.29 is 19.0 Å². The fourth-order valence-corrected chi connectivity index (χ4v) is 2.59. The van der Waals surface area contributed by atoms with Crippen molar-refractivity contribution in [2.45, 2.75) is 18.9 Å². The lowest BCUT2D eigenvalue weighted by Gasteiger charge is -2.19. The molecule has 4 rings (SSSR count). The maximum absolute atomic E-state index is 9.93. The minimum absolute atomic E-state index is 0.0285. The summed E-state index contributed by atoms with van der Waals surface area (Å²) in [6, 6.07) is 5.88. The van der Waals surface area contributed by atoms with Gasteiger partial charge in [-0.15, -0.1) is 0 Å². The normalized spacial score (nSPS) is 21.8. The Balaban J connectivity index is 0.000000174. The molecule has 0 spiro atoms. The molecular formula is C16H20N2O4. The zero-order valence-corrected chi connectivity index (χ0v) is 12.4. The maximum atomic E-state index is 9.93. The predicted molar refractivity (Wildman–Crippen MR) is 81.5 cm³/mol. The molecule has 0 N–H and O–H groups in total. The molecule has 1 saturated heterocycles. The molecule has 3 aliphatic rings. The van der Waals surface area contributed by atoms with Gasteiger partial charge >= 0.3 is 0 Å². The number of benzene rings is 1. The quantitative estimate of drug-likeness (QED) is 0.782. The van der Waals surface area contributed by atoms with E-state index in [1.807, 2.05) is 18.2 Å². The number of likely N-dealkylation sites (tertiary alicyclic amines) is 1. The smallest absolute Gasteiger partial charge is 0.209 e. The van der Waals surface area contributed by atoms with Gasteiger partial charge in [0.2, 0.25) is 6.41 Å². The topological polar surface area (TPSA) is 60.4 Å². The van der Waals surface area contributed by atoms with Crippen LogP contribution in [0.5, 0.6) is 11.5 Å². The fraction of sp³-hybridized carbons (Fsp3) is 0.500. The number of fused-ring (bicyclic) bond motifs is 1. The molecule has 118 valence electrons. The third-order valence-corrected chi connectivity index (χ3v) is 3.80. The van der Waals surface area contributed by atoms with Gasteiger partial charge in [-0.1, -0.05) is 6.07 Å². The SMILES string of the molecule is C1=NCC(c2ccc3c(c2)OCCO3)O1.O=CN1CCCC1. The first-order valence-electron chi connectivity index (χ1n) is 7.59. The van der Waals surface area contributed by atoms with Gasteiger partial charge < -0.3 is 19.1 Å². The van der Waals surface area contributed by atoms with Gasteiger partial charge in [0.25, 0.3) is 0 Å². The summed E-state index contributed by atoms with van der Waals surface area (Å²) in [6.07, 6.45) is 4.84. The highest BCUT2D eigenvalue weighted by atomic mass is 16.6. The Morgan fingerprint density at radius 2 is 1.91 bits per heavy atom. The molecule has 0 aliphatic carbocycles. The van der Waals surface area contributed by atoms with Crippen LogP contribution in [0.3, 0.4) is 0 Å². The van der Waals surface area contributed by atoms with Crippen LogP contribution < -0.4 is 9.47 Å². The highest BCUT2D eigenvalue weighted by Gasteiger charge is 2.19. The summed E-state index contributed by atoms with van der Waals surface area (Å²) in [7, 11) is 0. The molecule has 1 atom stereocenters. The maximum Gasteiger partial charge on any atom is 0.209 e. The van der Waals surface area contributed by atoms with Crippen molar-refractivity contribution in [3.8, 4) is 11.5 Å². The number of carbonyl (C=O) groups is 1. The largest absolute Gasteiger partial charge is 0.486 e. The predicted octanol–water partition coefficient (Wildman–Crippen LogP) is 1.80. The zero-order valence-electron chi connectivity index (χ0n) is 12.4. The van der Waals surface area contributed by atoms with Gasteiger partial charge in [0.1, 0.15) is 19.3 Å². The first-order valence-corrected chi connectivity index (χ1v) is 7.59. The van der Waals surface area contributed by atoms with Crippen LogP contribution in [-0.2, 0) is 9.53 Å². The lowest BCUT2D eigenvalue weighted by atomic mass is 10.1. The van der Waals surface area contributed by atoms with E-state index in [-0.39, 0.29) is 6.10 Å². The third-order valence-electron chi connectivity index (χ3n) is 3.80. The Kier molecular flexibility index (Phi) is 4.78. The number of carbonyl (C=O) groups excluding carboxylic acids is 1. The minimum atomic E-state index is 0.0285. The lowest BCUT2D eigenvalue weighted by Crippen LogP contribution is -2.15. The van der Waals surface area contributed by atoms with Crippen LogP contribution in [0.2, 0.25) is 0 Å². The third kappa shape index (κ3) is 3.50. The second-order valence-electron chi connectivity index (χ2n) is 5.35. The van der Waals surface area contributed by atoms with Gasteiger partial charge in [-0.05, 0) is 30.5 Å². The number of aliphatic imine (C=N–C) groups is 1. The van der Waals surface area contributed by atoms with Gasteiger partial charge in [0.05, 0.1) is 6.54 Å². The Labute approximate surface area is 129 Å². The molecule has 1 aromatic carbocycles. The highest BCUT2D eigenvalue weighted by Crippen LogP contribution is 2.33. The van der Waals surface area contributed by atoms with Crippen LogP contribution >= 0.6 is 0 Å². The van der Waals surface area contributed by atoms with Crippen molar-refractivity contribution in [3.63, 3.8) is 0 Å². The Bertz CT molecular complexity index is 533. The summed E-state index contributed by atoms with van der Waals surface area (Å²) in [5.74, 6) is 1.61. The Morgan fingerprint density at radius 1 is 1.14 bits per heavy atom. The number of rotatable bonds is 2. The van der Waals surface area contributed by atoms with Crippen molar-refractivity contribution in [2.75, 3.05) is 32.8 Å². The van der Waals surface area contributed by atoms with E-state index in [4.69, 9.17) is 14.2 Å². The van der Waals surface area contributed by atoms with Crippen molar-refractivity contribution in [2.24, 2.45) is 4.99 Å². The molecular weight excluding hydrogens is 284 g/mol. The summed E-state index contributed by atoms with van der Waals surface area (Å²) >= 11 is 0. The van der Waals surface area contributed by atoms with E-state index in [9.17, 15) is 4.79 Å². The molecule has 0 saturated carbocycles. The van der Waals surface area contributed by atoms with Crippen LogP contribution in [0.15, 0.2) is 23.2 Å². The molecule has 1 fully saturated rings.